The van der Waals surface area contributed by atoms with Crippen molar-refractivity contribution < 1.29 is 28.5 Å². The summed E-state index contributed by atoms with van der Waals surface area (Å²) < 4.78 is 30.3. The fraction of sp³-hybridized carbons (Fsp3) is 0.348. The summed E-state index contributed by atoms with van der Waals surface area (Å²) in [5.41, 5.74) is 1.77. The maximum Gasteiger partial charge on any atom is 0.232 e. The molecule has 2 aromatic carbocycles. The molecule has 0 unspecified atom stereocenters. The molecule has 0 aromatic heterocycles. The van der Waals surface area contributed by atoms with Gasteiger partial charge in [-0.25, -0.2) is 4.39 Å². The van der Waals surface area contributed by atoms with Gasteiger partial charge in [-0.05, 0) is 30.7 Å². The number of methoxy groups -OCH3 is 2. The molecule has 6 nitrogen and oxygen atoms in total. The van der Waals surface area contributed by atoms with Gasteiger partial charge in [-0.3, -0.25) is 9.69 Å². The van der Waals surface area contributed by atoms with Crippen molar-refractivity contribution in [3.8, 4) is 11.5 Å². The van der Waals surface area contributed by atoms with Crippen LogP contribution in [0.3, 0.4) is 0 Å². The summed E-state index contributed by atoms with van der Waals surface area (Å²) >= 11 is 0. The maximum atomic E-state index is 14.0. The zero-order valence-corrected chi connectivity index (χ0v) is 17.4. The molecule has 0 fully saturated rings. The number of carbonyl (C=O) groups is 1. The monoisotopic (exact) mass is 415 g/mol. The van der Waals surface area contributed by atoms with Crippen molar-refractivity contribution in [2.45, 2.75) is 13.5 Å². The first-order chi connectivity index (χ1) is 14.5. The van der Waals surface area contributed by atoms with Crippen LogP contribution in [0.2, 0.25) is 0 Å². The summed E-state index contributed by atoms with van der Waals surface area (Å²) in [4.78, 5) is 15.0. The first-order valence-corrected chi connectivity index (χ1v) is 9.70. The van der Waals surface area contributed by atoms with Crippen LogP contribution < -0.4 is 4.74 Å². The van der Waals surface area contributed by atoms with Crippen LogP contribution in [0.25, 0.3) is 6.08 Å². The summed E-state index contributed by atoms with van der Waals surface area (Å²) in [6.45, 7) is 4.35. The van der Waals surface area contributed by atoms with Crippen LogP contribution >= 0.6 is 0 Å². The third kappa shape index (κ3) is 4.70. The van der Waals surface area contributed by atoms with E-state index in [0.717, 1.165) is 0 Å². The van der Waals surface area contributed by atoms with E-state index in [1.165, 1.54) is 12.1 Å². The van der Waals surface area contributed by atoms with Gasteiger partial charge in [0.25, 0.3) is 0 Å². The number of hydrogen-bond donors (Lipinski definition) is 1. The second kappa shape index (κ2) is 9.84. The molecule has 0 radical (unpaired) electrons. The number of fused-ring (bicyclic) bond motifs is 1. The number of carbonyl (C=O) groups excluding carboxylic acids is 1. The number of aromatic hydroxyl groups is 1. The van der Waals surface area contributed by atoms with E-state index in [1.54, 1.807) is 45.4 Å². The van der Waals surface area contributed by atoms with Crippen molar-refractivity contribution in [2.75, 3.05) is 40.5 Å². The predicted molar refractivity (Wildman–Crippen MR) is 111 cm³/mol. The average molecular weight is 415 g/mol. The molecule has 0 aliphatic carbocycles. The normalized spacial score (nSPS) is 14.4. The van der Waals surface area contributed by atoms with Crippen molar-refractivity contribution in [2.24, 2.45) is 0 Å². The number of benzene rings is 2. The summed E-state index contributed by atoms with van der Waals surface area (Å²) in [5.74, 6) is -0.369. The fourth-order valence-electron chi connectivity index (χ4n) is 3.40. The quantitative estimate of drug-likeness (QED) is 0.632. The van der Waals surface area contributed by atoms with Crippen molar-refractivity contribution in [3.63, 3.8) is 0 Å². The van der Waals surface area contributed by atoms with Crippen molar-refractivity contribution in [1.29, 1.82) is 0 Å². The van der Waals surface area contributed by atoms with Gasteiger partial charge in [-0.2, -0.15) is 0 Å². The van der Waals surface area contributed by atoms with E-state index in [0.29, 0.717) is 55.3 Å². The number of phenolic OH excluding ortho intramolecular Hbond substituents is 1. The summed E-state index contributed by atoms with van der Waals surface area (Å²) in [5, 5.41) is 10.6. The Morgan fingerprint density at radius 3 is 2.47 bits per heavy atom. The minimum Gasteiger partial charge on any atom is -0.507 e. The molecule has 1 N–H and O–H groups in total. The van der Waals surface area contributed by atoms with Crippen LogP contribution in [-0.4, -0.2) is 56.3 Å². The zero-order valence-electron chi connectivity index (χ0n) is 17.4. The highest BCUT2D eigenvalue weighted by atomic mass is 19.1. The number of phenols is 1. The molecule has 0 spiro atoms. The second-order valence-electron chi connectivity index (χ2n) is 7.12. The Hall–Kier alpha value is -2.74. The van der Waals surface area contributed by atoms with Gasteiger partial charge in [0.2, 0.25) is 5.78 Å². The van der Waals surface area contributed by atoms with Gasteiger partial charge in [-0.1, -0.05) is 18.2 Å². The number of ether oxygens (including phenoxy) is 3. The lowest BCUT2D eigenvalue weighted by Gasteiger charge is -2.23. The fourth-order valence-corrected chi connectivity index (χ4v) is 3.40. The number of aryl methyl sites for hydroxylation is 1. The summed E-state index contributed by atoms with van der Waals surface area (Å²) in [7, 11) is 3.24. The number of allylic oxidation sites excluding steroid dienone is 1. The molecule has 0 atom stereocenters. The van der Waals surface area contributed by atoms with E-state index < -0.39 is 5.82 Å². The van der Waals surface area contributed by atoms with Crippen molar-refractivity contribution in [1.82, 2.24) is 4.90 Å². The highest BCUT2D eigenvalue weighted by Crippen LogP contribution is 2.42. The smallest absolute Gasteiger partial charge is 0.232 e. The number of nitrogens with zero attached hydrogens (tertiary/aromatic N) is 1. The minimum atomic E-state index is -0.442. The molecule has 30 heavy (non-hydrogen) atoms. The van der Waals surface area contributed by atoms with E-state index in [4.69, 9.17) is 14.2 Å². The number of hydrogen-bond acceptors (Lipinski definition) is 6. The minimum absolute atomic E-state index is 0.0328. The van der Waals surface area contributed by atoms with Gasteiger partial charge in [0.05, 0.1) is 24.3 Å². The molecule has 1 aliphatic heterocycles. The Morgan fingerprint density at radius 2 is 1.83 bits per heavy atom. The number of rotatable bonds is 9. The van der Waals surface area contributed by atoms with E-state index in [9.17, 15) is 14.3 Å². The lowest BCUT2D eigenvalue weighted by atomic mass is 9.99. The van der Waals surface area contributed by atoms with Crippen LogP contribution in [0.1, 0.15) is 27.0 Å². The average Bonchev–Trinajstić information content (AvgIpc) is 3.05. The number of ketones is 1. The van der Waals surface area contributed by atoms with Crippen molar-refractivity contribution in [3.05, 3.63) is 64.2 Å². The van der Waals surface area contributed by atoms with Crippen LogP contribution in [0.4, 0.5) is 4.39 Å². The zero-order chi connectivity index (χ0) is 21.7. The van der Waals surface area contributed by atoms with Gasteiger partial charge >= 0.3 is 0 Å². The second-order valence-corrected chi connectivity index (χ2v) is 7.12. The number of halogens is 1. The van der Waals surface area contributed by atoms with Gasteiger partial charge in [-0.15, -0.1) is 0 Å². The van der Waals surface area contributed by atoms with Crippen LogP contribution in [0, 0.1) is 12.7 Å². The van der Waals surface area contributed by atoms with Crippen LogP contribution in [-0.2, 0) is 16.0 Å². The van der Waals surface area contributed by atoms with Gasteiger partial charge in [0, 0.05) is 39.4 Å². The van der Waals surface area contributed by atoms with Crippen molar-refractivity contribution >= 4 is 11.9 Å². The predicted octanol–water partition coefficient (Wildman–Crippen LogP) is 3.55. The van der Waals surface area contributed by atoms with E-state index in [2.05, 4.69) is 0 Å². The molecular formula is C23H26FNO5. The number of Topliss-reactive ketones (excluding diaryl/α,β-unsaturated/α-hetero) is 1. The Balaban J connectivity index is 1.96. The first kappa shape index (κ1) is 22.0. The molecule has 0 bridgehead atoms. The Morgan fingerprint density at radius 1 is 1.17 bits per heavy atom. The molecular weight excluding hydrogens is 389 g/mol. The van der Waals surface area contributed by atoms with E-state index in [-0.39, 0.29) is 22.9 Å². The Kier molecular flexibility index (Phi) is 7.20. The molecule has 1 aliphatic rings. The largest absolute Gasteiger partial charge is 0.507 e. The lowest BCUT2D eigenvalue weighted by Crippen LogP contribution is -2.30. The highest BCUT2D eigenvalue weighted by molar-refractivity contribution is 6.15. The van der Waals surface area contributed by atoms with Gasteiger partial charge in [0.15, 0.2) is 5.76 Å². The third-order valence-corrected chi connectivity index (χ3v) is 5.02. The maximum absolute atomic E-state index is 14.0. The topological polar surface area (TPSA) is 68.2 Å². The van der Waals surface area contributed by atoms with Gasteiger partial charge in [0.1, 0.15) is 17.3 Å². The van der Waals surface area contributed by atoms with Gasteiger partial charge < -0.3 is 19.3 Å². The summed E-state index contributed by atoms with van der Waals surface area (Å²) in [6.07, 6.45) is 1.39. The summed E-state index contributed by atoms with van der Waals surface area (Å²) in [6, 6.07) is 7.73. The molecule has 1 heterocycles. The van der Waals surface area contributed by atoms with Crippen LogP contribution in [0.15, 0.2) is 36.1 Å². The molecule has 7 heteroatoms. The molecule has 160 valence electrons. The lowest BCUT2D eigenvalue weighted by molar-refractivity contribution is 0.101. The molecule has 3 rings (SSSR count). The Labute approximate surface area is 175 Å². The van der Waals surface area contributed by atoms with E-state index in [1.807, 2.05) is 4.90 Å². The van der Waals surface area contributed by atoms with E-state index >= 15 is 0 Å². The molecule has 0 saturated heterocycles. The third-order valence-electron chi connectivity index (χ3n) is 5.02. The molecule has 2 aromatic rings. The highest BCUT2D eigenvalue weighted by Gasteiger charge is 2.33. The SMILES string of the molecule is COCCN(CCOC)Cc1c(O)cc(C)c2c1O/C(=C/c1ccccc1F)C2=O. The standard InChI is InChI=1S/C23H26FNO5/c1-15-12-19(26)17(14-25(8-10-28-2)9-11-29-3)23-21(15)22(27)20(30-23)13-16-6-4-5-7-18(16)24/h4-7,12-13,26H,8-11,14H2,1-3H3/b20-13+. The Bertz CT molecular complexity index is 949. The van der Waals surface area contributed by atoms with Crippen LogP contribution in [0.5, 0.6) is 11.5 Å². The molecule has 0 saturated carbocycles. The first-order valence-electron chi connectivity index (χ1n) is 9.70. The molecule has 0 amide bonds.